The first-order valence-electron chi connectivity index (χ1n) is 6.29. The Balaban J connectivity index is 2.06. The second-order valence-corrected chi connectivity index (χ2v) is 5.83. The fourth-order valence-electron chi connectivity index (χ4n) is 2.27. The quantitative estimate of drug-likeness (QED) is 0.474. The first kappa shape index (κ1) is 12.7. The van der Waals surface area contributed by atoms with Crippen molar-refractivity contribution in [2.75, 3.05) is 0 Å². The number of halogens is 2. The molecule has 102 valence electrons. The fraction of sp³-hybridized carbons (Fsp3) is 0. The zero-order chi connectivity index (χ0) is 14.4. The van der Waals surface area contributed by atoms with Gasteiger partial charge in [0.15, 0.2) is 11.5 Å². The van der Waals surface area contributed by atoms with Gasteiger partial charge in [0.2, 0.25) is 5.28 Å². The molecule has 2 heterocycles. The minimum atomic E-state index is 0.303. The number of hydrogen-bond donors (Lipinski definition) is 0. The molecule has 0 saturated heterocycles. The highest BCUT2D eigenvalue weighted by atomic mass is 79.9. The third-order valence-corrected chi connectivity index (χ3v) is 3.96. The van der Waals surface area contributed by atoms with Crippen molar-refractivity contribution in [3.8, 4) is 11.4 Å². The van der Waals surface area contributed by atoms with Crippen molar-refractivity contribution in [1.29, 1.82) is 0 Å². The Morgan fingerprint density at radius 3 is 2.71 bits per heavy atom. The molecule has 2 aromatic heterocycles. The Labute approximate surface area is 133 Å². The first-order valence-corrected chi connectivity index (χ1v) is 7.46. The van der Waals surface area contributed by atoms with Gasteiger partial charge in [-0.15, -0.1) is 5.10 Å². The molecular weight excluding hydrogens is 352 g/mol. The van der Waals surface area contributed by atoms with Gasteiger partial charge in [-0.05, 0) is 35.9 Å². The molecule has 0 radical (unpaired) electrons. The maximum Gasteiger partial charge on any atom is 0.226 e. The van der Waals surface area contributed by atoms with Crippen molar-refractivity contribution in [2.45, 2.75) is 0 Å². The van der Waals surface area contributed by atoms with Crippen LogP contribution in [-0.4, -0.2) is 19.6 Å². The number of fused-ring (bicyclic) bond motifs is 3. The highest BCUT2D eigenvalue weighted by Crippen LogP contribution is 2.25. The van der Waals surface area contributed by atoms with E-state index < -0.39 is 0 Å². The molecule has 6 heteroatoms. The highest BCUT2D eigenvalue weighted by molar-refractivity contribution is 9.10. The summed E-state index contributed by atoms with van der Waals surface area (Å²) in [7, 11) is 0. The predicted octanol–water partition coefficient (Wildman–Crippen LogP) is 4.36. The Hall–Kier alpha value is -1.98. The molecule has 0 aliphatic rings. The van der Waals surface area contributed by atoms with Gasteiger partial charge < -0.3 is 0 Å². The predicted molar refractivity (Wildman–Crippen MR) is 86.4 cm³/mol. The van der Waals surface area contributed by atoms with E-state index in [2.05, 4.69) is 31.0 Å². The van der Waals surface area contributed by atoms with Gasteiger partial charge in [0.05, 0.1) is 5.52 Å². The summed E-state index contributed by atoms with van der Waals surface area (Å²) in [6.07, 6.45) is 0. The SMILES string of the molecule is Clc1nc2ccccc2c2nc(-c3cccc(Br)c3)nn12. The van der Waals surface area contributed by atoms with Crippen LogP contribution in [0.15, 0.2) is 53.0 Å². The summed E-state index contributed by atoms with van der Waals surface area (Å²) < 4.78 is 2.55. The molecule has 0 N–H and O–H groups in total. The molecule has 0 amide bonds. The van der Waals surface area contributed by atoms with E-state index in [0.29, 0.717) is 16.8 Å². The average Bonchev–Trinajstić information content (AvgIpc) is 2.93. The molecule has 2 aromatic carbocycles. The maximum absolute atomic E-state index is 6.21. The molecule has 0 aliphatic carbocycles. The minimum Gasteiger partial charge on any atom is -0.218 e. The monoisotopic (exact) mass is 358 g/mol. The summed E-state index contributed by atoms with van der Waals surface area (Å²) in [6, 6.07) is 15.6. The van der Waals surface area contributed by atoms with Crippen LogP contribution in [-0.2, 0) is 0 Å². The lowest BCUT2D eigenvalue weighted by Crippen LogP contribution is -1.94. The molecule has 0 spiro atoms. The van der Waals surface area contributed by atoms with Crippen LogP contribution in [0, 0.1) is 0 Å². The topological polar surface area (TPSA) is 43.1 Å². The van der Waals surface area contributed by atoms with E-state index >= 15 is 0 Å². The summed E-state index contributed by atoms with van der Waals surface area (Å²) in [5.74, 6) is 0.622. The first-order chi connectivity index (χ1) is 10.2. The molecular formula is C15H8BrClN4. The Morgan fingerprint density at radius 1 is 1.00 bits per heavy atom. The van der Waals surface area contributed by atoms with Gasteiger partial charge in [-0.1, -0.05) is 40.2 Å². The van der Waals surface area contributed by atoms with Crippen LogP contribution in [0.5, 0.6) is 0 Å². The Bertz CT molecular complexity index is 980. The van der Waals surface area contributed by atoms with Gasteiger partial charge in [-0.25, -0.2) is 9.97 Å². The maximum atomic E-state index is 6.21. The normalized spacial score (nSPS) is 11.3. The summed E-state index contributed by atoms with van der Waals surface area (Å²) >= 11 is 9.66. The smallest absolute Gasteiger partial charge is 0.218 e. The van der Waals surface area contributed by atoms with Crippen molar-refractivity contribution in [2.24, 2.45) is 0 Å². The molecule has 0 fully saturated rings. The van der Waals surface area contributed by atoms with Crippen LogP contribution < -0.4 is 0 Å². The summed E-state index contributed by atoms with van der Waals surface area (Å²) in [6.45, 7) is 0. The lowest BCUT2D eigenvalue weighted by atomic mass is 10.2. The van der Waals surface area contributed by atoms with E-state index in [1.165, 1.54) is 0 Å². The van der Waals surface area contributed by atoms with Crippen LogP contribution in [0.1, 0.15) is 0 Å². The molecule has 4 nitrogen and oxygen atoms in total. The van der Waals surface area contributed by atoms with Crippen LogP contribution in [0.25, 0.3) is 27.9 Å². The van der Waals surface area contributed by atoms with Crippen LogP contribution >= 0.6 is 27.5 Å². The van der Waals surface area contributed by atoms with Gasteiger partial charge >= 0.3 is 0 Å². The van der Waals surface area contributed by atoms with Crippen LogP contribution in [0.2, 0.25) is 5.28 Å². The summed E-state index contributed by atoms with van der Waals surface area (Å²) in [4.78, 5) is 8.96. The zero-order valence-electron chi connectivity index (χ0n) is 10.7. The molecule has 0 unspecified atom stereocenters. The average molecular weight is 360 g/mol. The molecule has 0 bridgehead atoms. The number of rotatable bonds is 1. The van der Waals surface area contributed by atoms with Gasteiger partial charge in [-0.2, -0.15) is 4.52 Å². The van der Waals surface area contributed by atoms with Crippen molar-refractivity contribution in [1.82, 2.24) is 19.6 Å². The number of hydrogen-bond acceptors (Lipinski definition) is 3. The van der Waals surface area contributed by atoms with E-state index in [1.807, 2.05) is 48.5 Å². The van der Waals surface area contributed by atoms with Gasteiger partial charge in [-0.3, -0.25) is 0 Å². The number of nitrogens with zero attached hydrogens (tertiary/aromatic N) is 4. The third-order valence-electron chi connectivity index (χ3n) is 3.22. The second-order valence-electron chi connectivity index (χ2n) is 4.58. The van der Waals surface area contributed by atoms with E-state index in [-0.39, 0.29) is 0 Å². The lowest BCUT2D eigenvalue weighted by molar-refractivity contribution is 0.939. The largest absolute Gasteiger partial charge is 0.226 e. The number of benzene rings is 2. The van der Waals surface area contributed by atoms with Crippen LogP contribution in [0.3, 0.4) is 0 Å². The summed E-state index contributed by atoms with van der Waals surface area (Å²) in [5, 5.41) is 5.69. The van der Waals surface area contributed by atoms with Gasteiger partial charge in [0.25, 0.3) is 0 Å². The molecule has 4 rings (SSSR count). The number of para-hydroxylation sites is 1. The standard InChI is InChI=1S/C15H8BrClN4/c16-10-5-3-4-9(8-10)13-19-14-11-6-1-2-7-12(11)18-15(17)21(14)20-13/h1-8H. The fourth-order valence-corrected chi connectivity index (χ4v) is 2.88. The Morgan fingerprint density at radius 2 is 1.86 bits per heavy atom. The zero-order valence-corrected chi connectivity index (χ0v) is 13.0. The van der Waals surface area contributed by atoms with Crippen molar-refractivity contribution < 1.29 is 0 Å². The van der Waals surface area contributed by atoms with Crippen LogP contribution in [0.4, 0.5) is 0 Å². The molecule has 0 atom stereocenters. The Kier molecular flexibility index (Phi) is 2.90. The molecule has 21 heavy (non-hydrogen) atoms. The van der Waals surface area contributed by atoms with E-state index in [1.54, 1.807) is 4.52 Å². The van der Waals surface area contributed by atoms with Crippen molar-refractivity contribution in [3.63, 3.8) is 0 Å². The molecule has 0 saturated carbocycles. The third kappa shape index (κ3) is 2.09. The van der Waals surface area contributed by atoms with Crippen molar-refractivity contribution in [3.05, 3.63) is 58.3 Å². The van der Waals surface area contributed by atoms with Crippen molar-refractivity contribution >= 4 is 44.1 Å². The lowest BCUT2D eigenvalue weighted by Gasteiger charge is -1.99. The second kappa shape index (κ2) is 4.79. The van der Waals surface area contributed by atoms with E-state index in [0.717, 1.165) is 20.9 Å². The van der Waals surface area contributed by atoms with E-state index in [4.69, 9.17) is 11.6 Å². The number of aromatic nitrogens is 4. The molecule has 4 aromatic rings. The summed E-state index contributed by atoms with van der Waals surface area (Å²) in [5.41, 5.74) is 2.44. The molecule has 0 aliphatic heterocycles. The van der Waals surface area contributed by atoms with Gasteiger partial charge in [0.1, 0.15) is 0 Å². The minimum absolute atomic E-state index is 0.303. The highest BCUT2D eigenvalue weighted by Gasteiger charge is 2.13. The van der Waals surface area contributed by atoms with Gasteiger partial charge in [0, 0.05) is 15.4 Å². The van der Waals surface area contributed by atoms with E-state index in [9.17, 15) is 0 Å².